The number of hydrogen-bond acceptors (Lipinski definition) is 7. The second-order valence-corrected chi connectivity index (χ2v) is 5.69. The zero-order valence-electron chi connectivity index (χ0n) is 13.2. The van der Waals surface area contributed by atoms with Gasteiger partial charge in [0, 0.05) is 5.92 Å². The van der Waals surface area contributed by atoms with Gasteiger partial charge in [0.1, 0.15) is 6.23 Å². The number of aliphatic hydroxyl groups is 2. The fourth-order valence-electron chi connectivity index (χ4n) is 2.71. The van der Waals surface area contributed by atoms with Crippen LogP contribution in [0.2, 0.25) is 0 Å². The van der Waals surface area contributed by atoms with Crippen molar-refractivity contribution in [3.05, 3.63) is 32.9 Å². The number of esters is 1. The van der Waals surface area contributed by atoms with Crippen LogP contribution in [0.4, 0.5) is 4.39 Å². The molecule has 1 aromatic heterocycles. The molecule has 1 aromatic rings. The first-order valence-electron chi connectivity index (χ1n) is 7.39. The Morgan fingerprint density at radius 1 is 1.58 bits per heavy atom. The third-order valence-electron chi connectivity index (χ3n) is 4.01. The number of aromatic nitrogens is 2. The molecule has 0 aliphatic carbocycles. The highest BCUT2D eigenvalue weighted by atomic mass is 19.1. The van der Waals surface area contributed by atoms with E-state index in [1.165, 1.54) is 6.92 Å². The highest BCUT2D eigenvalue weighted by Gasteiger charge is 2.51. The van der Waals surface area contributed by atoms with E-state index < -0.39 is 53.5 Å². The van der Waals surface area contributed by atoms with Gasteiger partial charge in [0.25, 0.3) is 5.56 Å². The lowest BCUT2D eigenvalue weighted by atomic mass is 9.85. The summed E-state index contributed by atoms with van der Waals surface area (Å²) in [6.45, 7) is 2.37. The molecule has 10 heteroatoms. The van der Waals surface area contributed by atoms with E-state index in [9.17, 15) is 29.0 Å². The maximum Gasteiger partial charge on any atom is 0.338 e. The highest BCUT2D eigenvalue weighted by molar-refractivity contribution is 5.79. The molecule has 3 N–H and O–H groups in total. The van der Waals surface area contributed by atoms with Crippen molar-refractivity contribution in [1.82, 2.24) is 9.55 Å². The Balaban J connectivity index is 2.46. The molecule has 1 fully saturated rings. The van der Waals surface area contributed by atoms with Gasteiger partial charge in [-0.15, -0.1) is 0 Å². The summed E-state index contributed by atoms with van der Waals surface area (Å²) < 4.78 is 24.5. The molecule has 0 saturated carbocycles. The summed E-state index contributed by atoms with van der Waals surface area (Å²) in [6, 6.07) is 0. The number of ether oxygens (including phenoxy) is 2. The Morgan fingerprint density at radius 2 is 2.25 bits per heavy atom. The molecule has 2 heterocycles. The third-order valence-corrected chi connectivity index (χ3v) is 4.01. The summed E-state index contributed by atoms with van der Waals surface area (Å²) in [6.07, 6.45) is -1.37. The van der Waals surface area contributed by atoms with Gasteiger partial charge in [-0.3, -0.25) is 14.3 Å². The minimum absolute atomic E-state index is 0.0279. The van der Waals surface area contributed by atoms with E-state index >= 15 is 0 Å². The van der Waals surface area contributed by atoms with Crippen LogP contribution in [0.15, 0.2) is 15.8 Å². The van der Waals surface area contributed by atoms with Crippen LogP contribution in [-0.2, 0) is 14.3 Å². The molecule has 2 rings (SSSR count). The lowest BCUT2D eigenvalue weighted by molar-refractivity contribution is -0.174. The number of aliphatic hydroxyl groups excluding tert-OH is 1. The van der Waals surface area contributed by atoms with Gasteiger partial charge in [-0.05, 0) is 20.3 Å². The van der Waals surface area contributed by atoms with E-state index in [0.29, 0.717) is 6.20 Å². The van der Waals surface area contributed by atoms with Gasteiger partial charge in [0.05, 0.1) is 25.5 Å². The summed E-state index contributed by atoms with van der Waals surface area (Å²) >= 11 is 0. The van der Waals surface area contributed by atoms with Crippen molar-refractivity contribution in [3.8, 4) is 0 Å². The lowest BCUT2D eigenvalue weighted by Crippen LogP contribution is -2.48. The van der Waals surface area contributed by atoms with E-state index in [4.69, 9.17) is 9.47 Å². The SMILES string of the molecule is CCOC(=O)[C@@](C)(O)[C@@H]1C[C@@H](CO)O[C@H]1n1cc(F)c(=O)[nH]c1=O. The fourth-order valence-corrected chi connectivity index (χ4v) is 2.71. The molecule has 24 heavy (non-hydrogen) atoms. The van der Waals surface area contributed by atoms with Crippen molar-refractivity contribution in [2.24, 2.45) is 5.92 Å². The van der Waals surface area contributed by atoms with Crippen LogP contribution in [0.25, 0.3) is 0 Å². The summed E-state index contributed by atoms with van der Waals surface area (Å²) in [5.41, 5.74) is -4.20. The first-order valence-corrected chi connectivity index (χ1v) is 7.39. The van der Waals surface area contributed by atoms with Crippen molar-refractivity contribution in [1.29, 1.82) is 0 Å². The van der Waals surface area contributed by atoms with Gasteiger partial charge in [-0.2, -0.15) is 4.39 Å². The van der Waals surface area contributed by atoms with Crippen LogP contribution in [0.1, 0.15) is 26.5 Å². The summed E-state index contributed by atoms with van der Waals surface area (Å²) in [5, 5.41) is 19.8. The Bertz CT molecular complexity index is 727. The minimum atomic E-state index is -2.04. The Kier molecular flexibility index (Phi) is 5.21. The zero-order valence-corrected chi connectivity index (χ0v) is 13.2. The standard InChI is InChI=1S/C14H19FN2O7/c1-3-23-12(20)14(2,22)8-4-7(6-18)24-11(8)17-5-9(15)10(19)16-13(17)21/h5,7-8,11,18,22H,3-4,6H2,1-2H3,(H,16,19,21)/t7-,8+,11+,14-/m0/s1. The number of hydrogen-bond donors (Lipinski definition) is 3. The van der Waals surface area contributed by atoms with Gasteiger partial charge < -0.3 is 19.7 Å². The molecule has 0 spiro atoms. The molecule has 0 unspecified atom stereocenters. The summed E-state index contributed by atoms with van der Waals surface area (Å²) in [5.74, 6) is -3.16. The van der Waals surface area contributed by atoms with E-state index in [2.05, 4.69) is 0 Å². The van der Waals surface area contributed by atoms with Crippen LogP contribution < -0.4 is 11.2 Å². The summed E-state index contributed by atoms with van der Waals surface area (Å²) in [7, 11) is 0. The molecule has 4 atom stereocenters. The number of rotatable bonds is 5. The smallest absolute Gasteiger partial charge is 0.338 e. The van der Waals surface area contributed by atoms with E-state index in [0.717, 1.165) is 4.57 Å². The van der Waals surface area contributed by atoms with Crippen molar-refractivity contribution in [2.45, 2.75) is 38.2 Å². The maximum atomic E-state index is 13.5. The molecule has 1 aliphatic heterocycles. The van der Waals surface area contributed by atoms with Gasteiger partial charge in [0.2, 0.25) is 5.82 Å². The molecule has 0 aromatic carbocycles. The summed E-state index contributed by atoms with van der Waals surface area (Å²) in [4.78, 5) is 36.9. The number of nitrogens with one attached hydrogen (secondary N) is 1. The molecular formula is C14H19FN2O7. The van der Waals surface area contributed by atoms with Crippen LogP contribution in [0.5, 0.6) is 0 Å². The number of carbonyl (C=O) groups excluding carboxylic acids is 1. The second kappa shape index (κ2) is 6.83. The van der Waals surface area contributed by atoms with Crippen molar-refractivity contribution < 1.29 is 28.9 Å². The van der Waals surface area contributed by atoms with Crippen molar-refractivity contribution in [3.63, 3.8) is 0 Å². The molecule has 0 bridgehead atoms. The topological polar surface area (TPSA) is 131 Å². The molecule has 0 amide bonds. The van der Waals surface area contributed by atoms with Gasteiger partial charge >= 0.3 is 11.7 Å². The lowest BCUT2D eigenvalue weighted by Gasteiger charge is -2.31. The minimum Gasteiger partial charge on any atom is -0.464 e. The van der Waals surface area contributed by atoms with Crippen LogP contribution in [-0.4, -0.2) is 50.7 Å². The van der Waals surface area contributed by atoms with Crippen LogP contribution >= 0.6 is 0 Å². The molecule has 1 saturated heterocycles. The molecule has 1 aliphatic rings. The van der Waals surface area contributed by atoms with Crippen molar-refractivity contribution in [2.75, 3.05) is 13.2 Å². The Morgan fingerprint density at radius 3 is 2.83 bits per heavy atom. The van der Waals surface area contributed by atoms with E-state index in [1.807, 2.05) is 0 Å². The Labute approximate surface area is 135 Å². The van der Waals surface area contributed by atoms with Crippen molar-refractivity contribution >= 4 is 5.97 Å². The average Bonchev–Trinajstić information content (AvgIpc) is 2.96. The zero-order chi connectivity index (χ0) is 18.1. The normalized spacial score (nSPS) is 26.1. The molecule has 0 radical (unpaired) electrons. The number of aromatic amines is 1. The fraction of sp³-hybridized carbons (Fsp3) is 0.643. The number of H-pyrrole nitrogens is 1. The van der Waals surface area contributed by atoms with E-state index in [-0.39, 0.29) is 13.0 Å². The van der Waals surface area contributed by atoms with Crippen LogP contribution in [0, 0.1) is 11.7 Å². The average molecular weight is 346 g/mol. The third kappa shape index (κ3) is 3.25. The predicted molar refractivity (Wildman–Crippen MR) is 77.6 cm³/mol. The monoisotopic (exact) mass is 346 g/mol. The highest BCUT2D eigenvalue weighted by Crippen LogP contribution is 2.41. The quantitative estimate of drug-likeness (QED) is 0.576. The first kappa shape index (κ1) is 18.3. The van der Waals surface area contributed by atoms with Crippen LogP contribution in [0.3, 0.4) is 0 Å². The molecule has 9 nitrogen and oxygen atoms in total. The number of halogens is 1. The van der Waals surface area contributed by atoms with E-state index in [1.54, 1.807) is 11.9 Å². The second-order valence-electron chi connectivity index (χ2n) is 5.69. The number of nitrogens with zero attached hydrogens (tertiary/aromatic N) is 1. The predicted octanol–water partition coefficient (Wildman–Crippen LogP) is -1.11. The van der Waals surface area contributed by atoms with Gasteiger partial charge in [-0.25, -0.2) is 9.59 Å². The van der Waals surface area contributed by atoms with Gasteiger partial charge in [-0.1, -0.05) is 0 Å². The van der Waals surface area contributed by atoms with Gasteiger partial charge in [0.15, 0.2) is 5.60 Å². The number of carbonyl (C=O) groups is 1. The molecular weight excluding hydrogens is 327 g/mol. The largest absolute Gasteiger partial charge is 0.464 e. The first-order chi connectivity index (χ1) is 11.2. The Hall–Kier alpha value is -2.04. The molecule has 134 valence electrons. The maximum absolute atomic E-state index is 13.5.